The number of nitrogens with zero attached hydrogens (tertiary/aromatic N) is 1. The van der Waals surface area contributed by atoms with Crippen LogP contribution < -0.4 is 0 Å². The summed E-state index contributed by atoms with van der Waals surface area (Å²) in [6.45, 7) is 1.89. The summed E-state index contributed by atoms with van der Waals surface area (Å²) in [7, 11) is 1.31. The molecule has 1 aromatic rings. The third kappa shape index (κ3) is 3.27. The van der Waals surface area contributed by atoms with Crippen molar-refractivity contribution in [1.82, 2.24) is 0 Å². The summed E-state index contributed by atoms with van der Waals surface area (Å²) < 4.78 is 4.60. The highest BCUT2D eigenvalue weighted by molar-refractivity contribution is 5.70. The number of methoxy groups -OCH3 is 1. The first-order valence-corrected chi connectivity index (χ1v) is 5.40. The van der Waals surface area contributed by atoms with E-state index in [1.165, 1.54) is 13.2 Å². The minimum absolute atomic E-state index is 0.0586. The summed E-state index contributed by atoms with van der Waals surface area (Å²) in [5.74, 6) is -0.529. The van der Waals surface area contributed by atoms with Gasteiger partial charge in [-0.2, -0.15) is 0 Å². The van der Waals surface area contributed by atoms with E-state index < -0.39 is 4.92 Å². The second kappa shape index (κ2) is 5.98. The van der Waals surface area contributed by atoms with Crippen LogP contribution in [-0.4, -0.2) is 18.0 Å². The van der Waals surface area contributed by atoms with E-state index in [9.17, 15) is 14.9 Å². The van der Waals surface area contributed by atoms with Crippen molar-refractivity contribution in [3.05, 3.63) is 39.9 Å². The van der Waals surface area contributed by atoms with Gasteiger partial charge in [0.2, 0.25) is 0 Å². The Kier molecular flexibility index (Phi) is 4.63. The van der Waals surface area contributed by atoms with Crippen LogP contribution in [0.4, 0.5) is 5.69 Å². The Morgan fingerprint density at radius 1 is 1.47 bits per heavy atom. The molecule has 0 aliphatic heterocycles. The van der Waals surface area contributed by atoms with E-state index in [2.05, 4.69) is 4.74 Å². The number of hydrogen-bond donors (Lipinski definition) is 0. The van der Waals surface area contributed by atoms with E-state index in [1.54, 1.807) is 18.2 Å². The molecule has 0 heterocycles. The zero-order valence-electron chi connectivity index (χ0n) is 9.88. The molecule has 0 spiro atoms. The van der Waals surface area contributed by atoms with Gasteiger partial charge in [0, 0.05) is 17.5 Å². The lowest BCUT2D eigenvalue weighted by Gasteiger charge is -2.13. The van der Waals surface area contributed by atoms with Crippen LogP contribution in [0.3, 0.4) is 0 Å². The van der Waals surface area contributed by atoms with Crippen LogP contribution in [0.25, 0.3) is 0 Å². The van der Waals surface area contributed by atoms with E-state index in [0.717, 1.165) is 0 Å². The highest BCUT2D eigenvalue weighted by Crippen LogP contribution is 2.31. The molecule has 5 heteroatoms. The topological polar surface area (TPSA) is 69.4 Å². The summed E-state index contributed by atoms with van der Waals surface area (Å²) >= 11 is 0. The number of para-hydroxylation sites is 1. The highest BCUT2D eigenvalue weighted by Gasteiger charge is 2.22. The summed E-state index contributed by atoms with van der Waals surface area (Å²) in [4.78, 5) is 21.7. The van der Waals surface area contributed by atoms with E-state index in [0.29, 0.717) is 12.0 Å². The standard InChI is InChI=1S/C12H15NO4/c1-3-9(8-12(14)17-2)10-6-4-5-7-11(10)13(15)16/h4-7,9H,3,8H2,1-2H3/t9-/m0/s1. The molecule has 0 aromatic heterocycles. The molecule has 0 aliphatic rings. The van der Waals surface area contributed by atoms with E-state index in [4.69, 9.17) is 0 Å². The zero-order valence-corrected chi connectivity index (χ0v) is 9.88. The van der Waals surface area contributed by atoms with Crippen molar-refractivity contribution in [3.8, 4) is 0 Å². The molecular formula is C12H15NO4. The molecule has 5 nitrogen and oxygen atoms in total. The van der Waals surface area contributed by atoms with Crippen molar-refractivity contribution >= 4 is 11.7 Å². The third-order valence-electron chi connectivity index (χ3n) is 2.71. The summed E-state index contributed by atoms with van der Waals surface area (Å²) in [5, 5.41) is 10.9. The zero-order chi connectivity index (χ0) is 12.8. The second-order valence-electron chi connectivity index (χ2n) is 3.70. The lowest BCUT2D eigenvalue weighted by atomic mass is 9.92. The Labute approximate surface area is 99.5 Å². The van der Waals surface area contributed by atoms with Crippen molar-refractivity contribution in [1.29, 1.82) is 0 Å². The first-order chi connectivity index (χ1) is 8.10. The molecule has 92 valence electrons. The Morgan fingerprint density at radius 3 is 2.65 bits per heavy atom. The van der Waals surface area contributed by atoms with E-state index in [-0.39, 0.29) is 24.0 Å². The quantitative estimate of drug-likeness (QED) is 0.448. The largest absolute Gasteiger partial charge is 0.469 e. The van der Waals surface area contributed by atoms with Crippen molar-refractivity contribution in [2.24, 2.45) is 0 Å². The molecule has 1 atom stereocenters. The number of rotatable bonds is 5. The third-order valence-corrected chi connectivity index (χ3v) is 2.71. The van der Waals surface area contributed by atoms with Gasteiger partial charge >= 0.3 is 5.97 Å². The molecule has 1 aromatic carbocycles. The average Bonchev–Trinajstić information content (AvgIpc) is 2.35. The van der Waals surface area contributed by atoms with Gasteiger partial charge in [0.15, 0.2) is 0 Å². The highest BCUT2D eigenvalue weighted by atomic mass is 16.6. The van der Waals surface area contributed by atoms with Crippen LogP contribution in [0.5, 0.6) is 0 Å². The van der Waals surface area contributed by atoms with Gasteiger partial charge in [-0.1, -0.05) is 25.1 Å². The van der Waals surface area contributed by atoms with Crippen LogP contribution in [0.2, 0.25) is 0 Å². The molecule has 17 heavy (non-hydrogen) atoms. The molecule has 1 rings (SSSR count). The number of carbonyl (C=O) groups excluding carboxylic acids is 1. The number of nitro benzene ring substituents is 1. The van der Waals surface area contributed by atoms with Gasteiger partial charge < -0.3 is 4.74 Å². The Hall–Kier alpha value is -1.91. The maximum atomic E-state index is 11.2. The van der Waals surface area contributed by atoms with Crippen molar-refractivity contribution in [2.45, 2.75) is 25.7 Å². The fourth-order valence-electron chi connectivity index (χ4n) is 1.76. The van der Waals surface area contributed by atoms with Crippen LogP contribution in [0.15, 0.2) is 24.3 Å². The molecule has 0 saturated carbocycles. The van der Waals surface area contributed by atoms with E-state index in [1.807, 2.05) is 6.92 Å². The monoisotopic (exact) mass is 237 g/mol. The molecule has 0 radical (unpaired) electrons. The summed E-state index contributed by atoms with van der Waals surface area (Å²) in [6, 6.07) is 6.50. The number of ether oxygens (including phenoxy) is 1. The van der Waals surface area contributed by atoms with Gasteiger partial charge in [-0.3, -0.25) is 14.9 Å². The first kappa shape index (κ1) is 13.2. The molecule has 0 aliphatic carbocycles. The van der Waals surface area contributed by atoms with Gasteiger partial charge in [-0.15, -0.1) is 0 Å². The minimum Gasteiger partial charge on any atom is -0.469 e. The first-order valence-electron chi connectivity index (χ1n) is 5.40. The number of nitro groups is 1. The maximum absolute atomic E-state index is 11.2. The van der Waals surface area contributed by atoms with Gasteiger partial charge in [0.05, 0.1) is 18.5 Å². The lowest BCUT2D eigenvalue weighted by Crippen LogP contribution is -2.09. The molecule has 0 saturated heterocycles. The van der Waals surface area contributed by atoms with Crippen molar-refractivity contribution in [2.75, 3.05) is 7.11 Å². The second-order valence-corrected chi connectivity index (χ2v) is 3.70. The Morgan fingerprint density at radius 2 is 2.12 bits per heavy atom. The molecule has 0 unspecified atom stereocenters. The van der Waals surface area contributed by atoms with Crippen LogP contribution in [0.1, 0.15) is 31.2 Å². The maximum Gasteiger partial charge on any atom is 0.306 e. The fraction of sp³-hybridized carbons (Fsp3) is 0.417. The summed E-state index contributed by atoms with van der Waals surface area (Å²) in [5.41, 5.74) is 0.647. The Balaban J connectivity index is 3.03. The van der Waals surface area contributed by atoms with Gasteiger partial charge in [-0.25, -0.2) is 0 Å². The molecular weight excluding hydrogens is 222 g/mol. The Bertz CT molecular complexity index is 417. The van der Waals surface area contributed by atoms with E-state index >= 15 is 0 Å². The minimum atomic E-state index is -0.421. The predicted octanol–water partition coefficient (Wildman–Crippen LogP) is 2.65. The van der Waals surface area contributed by atoms with Gasteiger partial charge in [0.25, 0.3) is 5.69 Å². The smallest absolute Gasteiger partial charge is 0.306 e. The molecule has 0 N–H and O–H groups in total. The van der Waals surface area contributed by atoms with Crippen molar-refractivity contribution < 1.29 is 14.5 Å². The fourth-order valence-corrected chi connectivity index (χ4v) is 1.76. The number of hydrogen-bond acceptors (Lipinski definition) is 4. The number of carbonyl (C=O) groups is 1. The lowest BCUT2D eigenvalue weighted by molar-refractivity contribution is -0.385. The SMILES string of the molecule is CC[C@@H](CC(=O)OC)c1ccccc1[N+](=O)[O-]. The van der Waals surface area contributed by atoms with Crippen LogP contribution >= 0.6 is 0 Å². The average molecular weight is 237 g/mol. The van der Waals surface area contributed by atoms with Crippen LogP contribution in [-0.2, 0) is 9.53 Å². The number of esters is 1. The van der Waals surface area contributed by atoms with Gasteiger partial charge in [0.1, 0.15) is 0 Å². The van der Waals surface area contributed by atoms with Gasteiger partial charge in [-0.05, 0) is 6.42 Å². The molecule has 0 fully saturated rings. The number of benzene rings is 1. The molecule has 0 amide bonds. The summed E-state index contributed by atoms with van der Waals surface area (Å²) in [6.07, 6.45) is 0.817. The molecule has 0 bridgehead atoms. The normalized spacial score (nSPS) is 11.9. The van der Waals surface area contributed by atoms with Crippen molar-refractivity contribution in [3.63, 3.8) is 0 Å². The van der Waals surface area contributed by atoms with Crippen LogP contribution in [0, 0.1) is 10.1 Å². The predicted molar refractivity (Wildman–Crippen MR) is 62.8 cm³/mol.